The van der Waals surface area contributed by atoms with Crippen molar-refractivity contribution in [3.63, 3.8) is 0 Å². The van der Waals surface area contributed by atoms with Crippen molar-refractivity contribution in [3.8, 4) is 5.75 Å². The van der Waals surface area contributed by atoms with Crippen LogP contribution in [0.25, 0.3) is 10.8 Å². The number of piperazine rings is 1. The molecule has 0 amide bonds. The molecule has 0 N–H and O–H groups in total. The molecular formula is C22H24N2O3S. The smallest absolute Gasteiger partial charge is 0.243 e. The number of methoxy groups -OCH3 is 1. The van der Waals surface area contributed by atoms with Gasteiger partial charge < -0.3 is 9.64 Å². The molecule has 0 saturated carbocycles. The molecule has 1 aliphatic heterocycles. The van der Waals surface area contributed by atoms with Crippen molar-refractivity contribution in [1.29, 1.82) is 0 Å². The maximum atomic E-state index is 13.1. The first-order chi connectivity index (χ1) is 13.5. The van der Waals surface area contributed by atoms with Gasteiger partial charge in [-0.25, -0.2) is 8.42 Å². The Morgan fingerprint density at radius 3 is 2.14 bits per heavy atom. The third-order valence-electron chi connectivity index (χ3n) is 5.29. The van der Waals surface area contributed by atoms with Gasteiger partial charge in [-0.15, -0.1) is 0 Å². The van der Waals surface area contributed by atoms with Crippen LogP contribution in [0.4, 0.5) is 5.69 Å². The molecular weight excluding hydrogens is 372 g/mol. The zero-order chi connectivity index (χ0) is 19.7. The molecule has 0 aliphatic carbocycles. The Hall–Kier alpha value is -2.57. The lowest BCUT2D eigenvalue weighted by atomic mass is 10.1. The van der Waals surface area contributed by atoms with Gasteiger partial charge in [0.25, 0.3) is 0 Å². The lowest BCUT2D eigenvalue weighted by molar-refractivity contribution is 0.385. The minimum atomic E-state index is -3.51. The van der Waals surface area contributed by atoms with E-state index in [9.17, 15) is 8.42 Å². The van der Waals surface area contributed by atoms with Gasteiger partial charge >= 0.3 is 0 Å². The number of anilines is 1. The molecule has 1 fully saturated rings. The van der Waals surface area contributed by atoms with Gasteiger partial charge in [0.05, 0.1) is 12.0 Å². The van der Waals surface area contributed by atoms with E-state index in [0.29, 0.717) is 31.1 Å². The summed E-state index contributed by atoms with van der Waals surface area (Å²) >= 11 is 0. The molecule has 0 atom stereocenters. The van der Waals surface area contributed by atoms with E-state index in [0.717, 1.165) is 22.2 Å². The Morgan fingerprint density at radius 2 is 1.46 bits per heavy atom. The number of hydrogen-bond acceptors (Lipinski definition) is 4. The summed E-state index contributed by atoms with van der Waals surface area (Å²) in [6.45, 7) is 4.40. The number of benzene rings is 3. The van der Waals surface area contributed by atoms with Crippen LogP contribution in [0.2, 0.25) is 0 Å². The number of sulfonamides is 1. The van der Waals surface area contributed by atoms with Crippen LogP contribution in [0, 0.1) is 6.92 Å². The molecule has 0 spiro atoms. The fourth-order valence-corrected chi connectivity index (χ4v) is 5.04. The van der Waals surface area contributed by atoms with Gasteiger partial charge in [0, 0.05) is 31.9 Å². The van der Waals surface area contributed by atoms with Crippen LogP contribution in [0.15, 0.2) is 65.6 Å². The van der Waals surface area contributed by atoms with Crippen LogP contribution >= 0.6 is 0 Å². The van der Waals surface area contributed by atoms with E-state index in [-0.39, 0.29) is 0 Å². The Bertz CT molecular complexity index is 1090. The fraction of sp³-hybridized carbons (Fsp3) is 0.273. The van der Waals surface area contributed by atoms with Crippen LogP contribution in [0.5, 0.6) is 5.75 Å². The maximum Gasteiger partial charge on any atom is 0.243 e. The van der Waals surface area contributed by atoms with E-state index < -0.39 is 10.0 Å². The molecule has 0 radical (unpaired) electrons. The van der Waals surface area contributed by atoms with Gasteiger partial charge in [0.2, 0.25) is 10.0 Å². The first-order valence-electron chi connectivity index (χ1n) is 9.37. The van der Waals surface area contributed by atoms with E-state index in [4.69, 9.17) is 4.74 Å². The van der Waals surface area contributed by atoms with E-state index in [2.05, 4.69) is 36.1 Å². The van der Waals surface area contributed by atoms with Gasteiger partial charge in [-0.3, -0.25) is 0 Å². The highest BCUT2D eigenvalue weighted by atomic mass is 32.2. The topological polar surface area (TPSA) is 49.9 Å². The number of rotatable bonds is 4. The molecule has 5 nitrogen and oxygen atoms in total. The van der Waals surface area contributed by atoms with Crippen molar-refractivity contribution in [2.24, 2.45) is 0 Å². The molecule has 1 heterocycles. The molecule has 4 rings (SSSR count). The van der Waals surface area contributed by atoms with Crippen molar-refractivity contribution in [1.82, 2.24) is 4.31 Å². The predicted molar refractivity (Wildman–Crippen MR) is 113 cm³/mol. The largest absolute Gasteiger partial charge is 0.497 e. The standard InChI is InChI=1S/C22H24N2O3S/c1-17-3-7-20(8-4-17)23-11-13-24(14-12-23)28(25,26)22-10-6-18-15-21(27-2)9-5-19(18)16-22/h3-10,15-16H,11-14H2,1-2H3. The van der Waals surface area contributed by atoms with Crippen LogP contribution in [0.1, 0.15) is 5.56 Å². The number of hydrogen-bond donors (Lipinski definition) is 0. The third-order valence-corrected chi connectivity index (χ3v) is 7.19. The Balaban J connectivity index is 1.52. The quantitative estimate of drug-likeness (QED) is 0.675. The van der Waals surface area contributed by atoms with E-state index in [1.54, 1.807) is 23.5 Å². The van der Waals surface area contributed by atoms with E-state index in [1.807, 2.05) is 24.3 Å². The molecule has 28 heavy (non-hydrogen) atoms. The van der Waals surface area contributed by atoms with Crippen molar-refractivity contribution >= 4 is 26.5 Å². The second-order valence-electron chi connectivity index (χ2n) is 7.10. The molecule has 3 aromatic rings. The molecule has 146 valence electrons. The lowest BCUT2D eigenvalue weighted by Gasteiger charge is -2.35. The molecule has 1 saturated heterocycles. The van der Waals surface area contributed by atoms with Gasteiger partial charge in [0.1, 0.15) is 5.75 Å². The van der Waals surface area contributed by atoms with Crippen molar-refractivity contribution in [2.45, 2.75) is 11.8 Å². The summed E-state index contributed by atoms with van der Waals surface area (Å²) in [5.41, 5.74) is 2.36. The summed E-state index contributed by atoms with van der Waals surface area (Å²) in [5, 5.41) is 1.85. The van der Waals surface area contributed by atoms with Gasteiger partial charge in [-0.1, -0.05) is 29.8 Å². The first kappa shape index (κ1) is 18.8. The minimum absolute atomic E-state index is 0.342. The second-order valence-corrected chi connectivity index (χ2v) is 9.04. The lowest BCUT2D eigenvalue weighted by Crippen LogP contribution is -2.48. The zero-order valence-electron chi connectivity index (χ0n) is 16.1. The van der Waals surface area contributed by atoms with Crippen molar-refractivity contribution in [2.75, 3.05) is 38.2 Å². The average molecular weight is 397 g/mol. The SMILES string of the molecule is COc1ccc2cc(S(=O)(=O)N3CCN(c4ccc(C)cc4)CC3)ccc2c1. The maximum absolute atomic E-state index is 13.1. The average Bonchev–Trinajstić information content (AvgIpc) is 2.73. The highest BCUT2D eigenvalue weighted by molar-refractivity contribution is 7.89. The third kappa shape index (κ3) is 3.57. The van der Waals surface area contributed by atoms with Gasteiger partial charge in [-0.2, -0.15) is 4.31 Å². The van der Waals surface area contributed by atoms with E-state index >= 15 is 0 Å². The number of nitrogens with zero attached hydrogens (tertiary/aromatic N) is 2. The summed E-state index contributed by atoms with van der Waals surface area (Å²) in [6.07, 6.45) is 0. The highest BCUT2D eigenvalue weighted by Crippen LogP contribution is 2.26. The summed E-state index contributed by atoms with van der Waals surface area (Å²) in [5.74, 6) is 0.760. The molecule has 6 heteroatoms. The number of fused-ring (bicyclic) bond motifs is 1. The molecule has 0 bridgehead atoms. The Kier molecular flexibility index (Phi) is 5.00. The fourth-order valence-electron chi connectivity index (χ4n) is 3.58. The molecule has 1 aliphatic rings. The summed E-state index contributed by atoms with van der Waals surface area (Å²) in [7, 11) is -1.88. The Morgan fingerprint density at radius 1 is 0.821 bits per heavy atom. The Labute approximate surface area is 166 Å². The van der Waals surface area contributed by atoms with Crippen LogP contribution in [-0.4, -0.2) is 46.0 Å². The van der Waals surface area contributed by atoms with Crippen LogP contribution in [-0.2, 0) is 10.0 Å². The summed E-state index contributed by atoms with van der Waals surface area (Å²) < 4.78 is 33.1. The van der Waals surface area contributed by atoms with E-state index in [1.165, 1.54) is 5.56 Å². The van der Waals surface area contributed by atoms with Crippen LogP contribution < -0.4 is 9.64 Å². The van der Waals surface area contributed by atoms with Crippen molar-refractivity contribution in [3.05, 3.63) is 66.2 Å². The predicted octanol–water partition coefficient (Wildman–Crippen LogP) is 3.67. The summed E-state index contributed by atoms with van der Waals surface area (Å²) in [4.78, 5) is 2.58. The first-order valence-corrected chi connectivity index (χ1v) is 10.8. The second kappa shape index (κ2) is 7.45. The van der Waals surface area contributed by atoms with Gasteiger partial charge in [-0.05, 0) is 54.1 Å². The van der Waals surface area contributed by atoms with Crippen LogP contribution in [0.3, 0.4) is 0 Å². The van der Waals surface area contributed by atoms with Gasteiger partial charge in [0.15, 0.2) is 0 Å². The molecule has 0 unspecified atom stereocenters. The van der Waals surface area contributed by atoms with Crippen molar-refractivity contribution < 1.29 is 13.2 Å². The molecule has 0 aromatic heterocycles. The molecule has 3 aromatic carbocycles. The number of aryl methyl sites for hydroxylation is 1. The normalized spacial score (nSPS) is 15.7. The monoisotopic (exact) mass is 396 g/mol. The highest BCUT2D eigenvalue weighted by Gasteiger charge is 2.28. The summed E-state index contributed by atoms with van der Waals surface area (Å²) in [6, 6.07) is 19.3. The minimum Gasteiger partial charge on any atom is -0.497 e. The number of ether oxygens (including phenoxy) is 1. The zero-order valence-corrected chi connectivity index (χ0v) is 16.9.